The molecule has 0 bridgehead atoms. The number of hydrogen-bond donors (Lipinski definition) is 2. The second-order valence-corrected chi connectivity index (χ2v) is 5.11. The van der Waals surface area contributed by atoms with Crippen LogP contribution in [0.25, 0.3) is 0 Å². The van der Waals surface area contributed by atoms with Crippen molar-refractivity contribution in [2.45, 2.75) is 25.7 Å². The Kier molecular flexibility index (Phi) is 3.30. The van der Waals surface area contributed by atoms with Gasteiger partial charge in [0.05, 0.1) is 0 Å². The smallest absolute Gasteiger partial charge is 0.265 e. The van der Waals surface area contributed by atoms with Crippen molar-refractivity contribution >= 4 is 17.1 Å². The molecule has 3 rings (SSSR count). The molecule has 4 heteroatoms. The number of fused-ring (bicyclic) bond motifs is 1. The quantitative estimate of drug-likeness (QED) is 0.812. The van der Waals surface area contributed by atoms with Gasteiger partial charge < -0.3 is 11.1 Å². The van der Waals surface area contributed by atoms with Crippen LogP contribution in [0.1, 0.15) is 29.5 Å². The monoisotopic (exact) mass is 274 g/mol. The van der Waals surface area contributed by atoms with E-state index in [-0.39, 0.29) is 5.56 Å². The second-order valence-electron chi connectivity index (χ2n) is 5.11. The Hall–Kier alpha value is -2.10. The van der Waals surface area contributed by atoms with Crippen LogP contribution in [0.15, 0.2) is 36.4 Å². The van der Waals surface area contributed by atoms with E-state index in [4.69, 9.17) is 5.73 Å². The topological polar surface area (TPSA) is 38.0 Å². The van der Waals surface area contributed by atoms with Crippen LogP contribution in [-0.2, 0) is 12.8 Å². The molecule has 104 valence electrons. The summed E-state index contributed by atoms with van der Waals surface area (Å²) in [7, 11) is 0. The number of nitrogen functional groups attached to an aromatic ring is 1. The summed E-state index contributed by atoms with van der Waals surface area (Å²) in [6.45, 7) is 0. The van der Waals surface area contributed by atoms with Gasteiger partial charge in [0.25, 0.3) is 6.43 Å². The van der Waals surface area contributed by atoms with Gasteiger partial charge in [-0.1, -0.05) is 6.07 Å². The zero-order valence-corrected chi connectivity index (χ0v) is 11.0. The van der Waals surface area contributed by atoms with Crippen LogP contribution in [0.4, 0.5) is 25.8 Å². The Morgan fingerprint density at radius 2 is 1.80 bits per heavy atom. The number of aryl methyl sites for hydroxylation is 2. The van der Waals surface area contributed by atoms with Gasteiger partial charge in [-0.3, -0.25) is 0 Å². The zero-order valence-electron chi connectivity index (χ0n) is 11.0. The van der Waals surface area contributed by atoms with Gasteiger partial charge >= 0.3 is 0 Å². The van der Waals surface area contributed by atoms with Crippen molar-refractivity contribution in [1.29, 1.82) is 0 Å². The Morgan fingerprint density at radius 3 is 2.60 bits per heavy atom. The number of nitrogens with two attached hydrogens (primary N) is 1. The van der Waals surface area contributed by atoms with E-state index in [1.165, 1.54) is 23.6 Å². The highest BCUT2D eigenvalue weighted by atomic mass is 19.3. The Balaban J connectivity index is 1.91. The molecule has 2 aromatic carbocycles. The Bertz CT molecular complexity index is 638. The number of rotatable bonds is 3. The molecule has 2 nitrogen and oxygen atoms in total. The summed E-state index contributed by atoms with van der Waals surface area (Å²) in [5, 5.41) is 3.08. The molecule has 0 unspecified atom stereocenters. The van der Waals surface area contributed by atoms with Crippen LogP contribution < -0.4 is 11.1 Å². The van der Waals surface area contributed by atoms with Crippen molar-refractivity contribution in [3.8, 4) is 0 Å². The first-order valence-corrected chi connectivity index (χ1v) is 6.70. The fourth-order valence-corrected chi connectivity index (χ4v) is 2.68. The number of anilines is 3. The van der Waals surface area contributed by atoms with E-state index in [0.29, 0.717) is 11.4 Å². The summed E-state index contributed by atoms with van der Waals surface area (Å²) in [4.78, 5) is 0. The van der Waals surface area contributed by atoms with Crippen molar-refractivity contribution in [3.63, 3.8) is 0 Å². The molecule has 0 fully saturated rings. The van der Waals surface area contributed by atoms with E-state index in [1.807, 2.05) is 12.1 Å². The molecule has 2 aromatic rings. The van der Waals surface area contributed by atoms with Gasteiger partial charge in [-0.15, -0.1) is 0 Å². The van der Waals surface area contributed by atoms with Gasteiger partial charge in [0.1, 0.15) is 0 Å². The van der Waals surface area contributed by atoms with Crippen LogP contribution in [0, 0.1) is 0 Å². The molecule has 0 aliphatic heterocycles. The molecule has 0 amide bonds. The van der Waals surface area contributed by atoms with Gasteiger partial charge in [0.2, 0.25) is 0 Å². The average molecular weight is 274 g/mol. The highest BCUT2D eigenvalue weighted by Crippen LogP contribution is 2.32. The lowest BCUT2D eigenvalue weighted by Gasteiger charge is -2.13. The lowest BCUT2D eigenvalue weighted by atomic mass is 10.1. The van der Waals surface area contributed by atoms with E-state index in [9.17, 15) is 8.78 Å². The molecule has 1 aliphatic carbocycles. The maximum absolute atomic E-state index is 13.0. The predicted molar refractivity (Wildman–Crippen MR) is 77.6 cm³/mol. The first-order valence-electron chi connectivity index (χ1n) is 6.70. The van der Waals surface area contributed by atoms with E-state index >= 15 is 0 Å². The van der Waals surface area contributed by atoms with E-state index in [2.05, 4.69) is 11.4 Å². The van der Waals surface area contributed by atoms with Gasteiger partial charge in [-0.2, -0.15) is 0 Å². The molecule has 0 radical (unpaired) electrons. The Morgan fingerprint density at radius 1 is 1.00 bits per heavy atom. The molecule has 0 spiro atoms. The van der Waals surface area contributed by atoms with E-state index < -0.39 is 6.43 Å². The standard InChI is InChI=1S/C16H16F2N2/c17-16(18)14-9-12(19)5-7-15(14)20-13-6-4-10-2-1-3-11(10)8-13/h4-9,16,20H,1-3,19H2. The first-order chi connectivity index (χ1) is 9.63. The third-order valence-electron chi connectivity index (χ3n) is 3.69. The van der Waals surface area contributed by atoms with Gasteiger partial charge in [0.15, 0.2) is 0 Å². The molecule has 3 N–H and O–H groups in total. The minimum absolute atomic E-state index is 0.0644. The number of hydrogen-bond acceptors (Lipinski definition) is 2. The summed E-state index contributed by atoms with van der Waals surface area (Å²) < 4.78 is 26.1. The van der Waals surface area contributed by atoms with E-state index in [1.54, 1.807) is 12.1 Å². The van der Waals surface area contributed by atoms with Gasteiger partial charge in [-0.25, -0.2) is 8.78 Å². The number of benzene rings is 2. The molecule has 0 atom stereocenters. The molecule has 0 saturated carbocycles. The minimum Gasteiger partial charge on any atom is -0.399 e. The molecule has 0 heterocycles. The maximum Gasteiger partial charge on any atom is 0.265 e. The fraction of sp³-hybridized carbons (Fsp3) is 0.250. The van der Waals surface area contributed by atoms with Crippen LogP contribution in [0.3, 0.4) is 0 Å². The number of halogens is 2. The summed E-state index contributed by atoms with van der Waals surface area (Å²) in [5.41, 5.74) is 9.78. The molecule has 0 saturated heterocycles. The van der Waals surface area contributed by atoms with Crippen molar-refractivity contribution in [2.75, 3.05) is 11.1 Å². The number of alkyl halides is 2. The molecular formula is C16H16F2N2. The molecule has 0 aromatic heterocycles. The number of nitrogens with one attached hydrogen (secondary N) is 1. The maximum atomic E-state index is 13.0. The van der Waals surface area contributed by atoms with Crippen molar-refractivity contribution in [3.05, 3.63) is 53.1 Å². The van der Waals surface area contributed by atoms with Crippen LogP contribution in [0.5, 0.6) is 0 Å². The lowest BCUT2D eigenvalue weighted by Crippen LogP contribution is -1.99. The molecule has 20 heavy (non-hydrogen) atoms. The third-order valence-corrected chi connectivity index (χ3v) is 3.69. The van der Waals surface area contributed by atoms with Crippen LogP contribution >= 0.6 is 0 Å². The molecular weight excluding hydrogens is 258 g/mol. The summed E-state index contributed by atoms with van der Waals surface area (Å²) in [5.74, 6) is 0. The molecule has 1 aliphatic rings. The van der Waals surface area contributed by atoms with Crippen LogP contribution in [-0.4, -0.2) is 0 Å². The summed E-state index contributed by atoms with van der Waals surface area (Å²) in [6.07, 6.45) is 0.798. The highest BCUT2D eigenvalue weighted by molar-refractivity contribution is 5.67. The van der Waals surface area contributed by atoms with E-state index in [0.717, 1.165) is 18.5 Å². The predicted octanol–water partition coefficient (Wildman–Crippen LogP) is 4.44. The SMILES string of the molecule is Nc1ccc(Nc2ccc3c(c2)CCC3)c(C(F)F)c1. The second kappa shape index (κ2) is 5.12. The zero-order chi connectivity index (χ0) is 14.1. The summed E-state index contributed by atoms with van der Waals surface area (Å²) >= 11 is 0. The van der Waals surface area contributed by atoms with Crippen molar-refractivity contribution in [2.24, 2.45) is 0 Å². The highest BCUT2D eigenvalue weighted by Gasteiger charge is 2.15. The normalized spacial score (nSPS) is 13.6. The summed E-state index contributed by atoms with van der Waals surface area (Å²) in [6, 6.07) is 10.6. The third kappa shape index (κ3) is 2.46. The Labute approximate surface area is 116 Å². The lowest BCUT2D eigenvalue weighted by molar-refractivity contribution is 0.152. The van der Waals surface area contributed by atoms with Crippen molar-refractivity contribution < 1.29 is 8.78 Å². The first kappa shape index (κ1) is 12.9. The fourth-order valence-electron chi connectivity index (χ4n) is 2.68. The van der Waals surface area contributed by atoms with Gasteiger partial charge in [-0.05, 0) is 60.7 Å². The average Bonchev–Trinajstić information content (AvgIpc) is 2.88. The van der Waals surface area contributed by atoms with Crippen LogP contribution in [0.2, 0.25) is 0 Å². The van der Waals surface area contributed by atoms with Gasteiger partial charge in [0, 0.05) is 22.6 Å². The minimum atomic E-state index is -2.55. The van der Waals surface area contributed by atoms with Crippen molar-refractivity contribution in [1.82, 2.24) is 0 Å². The largest absolute Gasteiger partial charge is 0.399 e.